The monoisotopic (exact) mass is 372 g/mol. The molecular formula is C25H28OSi. The lowest BCUT2D eigenvalue weighted by molar-refractivity contribution is 0.219. The second-order valence-corrected chi connectivity index (χ2v) is 12.9. The number of hydrogen-bond acceptors (Lipinski definition) is 1. The minimum atomic E-state index is -1.63. The van der Waals surface area contributed by atoms with Crippen molar-refractivity contribution >= 4 is 19.5 Å². The van der Waals surface area contributed by atoms with Gasteiger partial charge in [-0.2, -0.15) is 0 Å². The molecule has 0 saturated heterocycles. The van der Waals surface area contributed by atoms with Crippen molar-refractivity contribution in [3.05, 3.63) is 83.0 Å². The van der Waals surface area contributed by atoms with Gasteiger partial charge in [0.15, 0.2) is 8.32 Å². The van der Waals surface area contributed by atoms with Crippen LogP contribution in [-0.4, -0.2) is 8.32 Å². The van der Waals surface area contributed by atoms with Crippen molar-refractivity contribution in [1.29, 1.82) is 0 Å². The fraction of sp³-hybridized carbons (Fsp3) is 0.280. The number of hydrogen-bond donors (Lipinski definition) is 0. The predicted octanol–water partition coefficient (Wildman–Crippen LogP) is 7.37. The van der Waals surface area contributed by atoms with Gasteiger partial charge in [-0.15, -0.1) is 0 Å². The van der Waals surface area contributed by atoms with Crippen LogP contribution in [0.25, 0.3) is 22.3 Å². The lowest BCUT2D eigenvalue weighted by Gasteiger charge is -2.27. The molecule has 2 aliphatic carbocycles. The van der Waals surface area contributed by atoms with E-state index in [1.54, 1.807) is 0 Å². The van der Waals surface area contributed by atoms with Crippen LogP contribution in [0.1, 0.15) is 48.6 Å². The molecule has 27 heavy (non-hydrogen) atoms. The lowest BCUT2D eigenvalue weighted by Crippen LogP contribution is -2.27. The average Bonchev–Trinajstić information content (AvgIpc) is 3.25. The third-order valence-corrected chi connectivity index (χ3v) is 6.42. The molecule has 0 spiro atoms. The Hall–Kier alpha value is -2.16. The van der Waals surface area contributed by atoms with E-state index in [1.807, 2.05) is 0 Å². The highest BCUT2D eigenvalue weighted by molar-refractivity contribution is 6.69. The first-order valence-corrected chi connectivity index (χ1v) is 13.3. The molecule has 0 radical (unpaired) electrons. The van der Waals surface area contributed by atoms with Crippen LogP contribution in [0.15, 0.2) is 60.7 Å². The molecule has 0 N–H and O–H groups in total. The third kappa shape index (κ3) is 3.17. The summed E-state index contributed by atoms with van der Waals surface area (Å²) >= 11 is 0. The van der Waals surface area contributed by atoms with Gasteiger partial charge < -0.3 is 4.43 Å². The van der Waals surface area contributed by atoms with E-state index < -0.39 is 8.32 Å². The first kappa shape index (κ1) is 18.2. The van der Waals surface area contributed by atoms with Gasteiger partial charge in [-0.1, -0.05) is 60.7 Å². The zero-order valence-electron chi connectivity index (χ0n) is 17.0. The lowest BCUT2D eigenvalue weighted by atomic mass is 9.87. The van der Waals surface area contributed by atoms with Crippen molar-refractivity contribution in [2.24, 2.45) is 0 Å². The van der Waals surface area contributed by atoms with Crippen LogP contribution in [-0.2, 0) is 4.43 Å². The van der Waals surface area contributed by atoms with E-state index in [1.165, 1.54) is 44.5 Å². The molecule has 2 aromatic carbocycles. The zero-order valence-corrected chi connectivity index (χ0v) is 18.0. The zero-order chi connectivity index (χ0) is 19.2. The Labute approximate surface area is 164 Å². The number of fused-ring (bicyclic) bond motifs is 3. The van der Waals surface area contributed by atoms with Gasteiger partial charge in [-0.05, 0) is 84.4 Å². The summed E-state index contributed by atoms with van der Waals surface area (Å²) in [5.74, 6) is 0. The molecule has 0 fully saturated rings. The van der Waals surface area contributed by atoms with Gasteiger partial charge in [0.2, 0.25) is 0 Å². The second kappa shape index (κ2) is 6.77. The molecule has 2 heteroatoms. The molecule has 4 rings (SSSR count). The van der Waals surface area contributed by atoms with Gasteiger partial charge in [-0.3, -0.25) is 0 Å². The summed E-state index contributed by atoms with van der Waals surface area (Å²) in [5, 5.41) is 0. The minimum absolute atomic E-state index is 0.0975. The van der Waals surface area contributed by atoms with Crippen LogP contribution in [0.4, 0.5) is 0 Å². The molecule has 0 amide bonds. The quantitative estimate of drug-likeness (QED) is 0.434. The molecule has 2 aliphatic rings. The molecule has 138 valence electrons. The largest absolute Gasteiger partial charge is 0.411 e. The van der Waals surface area contributed by atoms with E-state index in [2.05, 4.69) is 94.2 Å². The summed E-state index contributed by atoms with van der Waals surface area (Å²) in [6, 6.07) is 13.4. The summed E-state index contributed by atoms with van der Waals surface area (Å²) < 4.78 is 6.50. The molecule has 1 nitrogen and oxygen atoms in total. The highest BCUT2D eigenvalue weighted by Crippen LogP contribution is 2.50. The highest BCUT2D eigenvalue weighted by Gasteiger charge is 2.30. The first-order chi connectivity index (χ1) is 12.9. The van der Waals surface area contributed by atoms with Gasteiger partial charge in [0.1, 0.15) is 0 Å². The van der Waals surface area contributed by atoms with E-state index >= 15 is 0 Å². The standard InChI is InChI=1S/C25H28OSi/c1-6-19-21-13-9-10-14-22(21)23-16-15-20(17(2)26-27(3,4)5)24(25(19)23)18-11-7-8-12-18/h6-11,13-17H,12H2,1-5H3/b19-6-. The Morgan fingerprint density at radius 3 is 2.33 bits per heavy atom. The summed E-state index contributed by atoms with van der Waals surface area (Å²) in [6.45, 7) is 11.2. The van der Waals surface area contributed by atoms with Crippen LogP contribution in [0.2, 0.25) is 19.6 Å². The molecule has 0 saturated carbocycles. The van der Waals surface area contributed by atoms with Crippen molar-refractivity contribution < 1.29 is 4.43 Å². The van der Waals surface area contributed by atoms with E-state index in [-0.39, 0.29) is 6.10 Å². The predicted molar refractivity (Wildman–Crippen MR) is 119 cm³/mol. The Balaban J connectivity index is 1.96. The maximum Gasteiger partial charge on any atom is 0.184 e. The summed E-state index contributed by atoms with van der Waals surface area (Å²) in [6.07, 6.45) is 10.1. The maximum absolute atomic E-state index is 6.50. The van der Waals surface area contributed by atoms with E-state index in [4.69, 9.17) is 4.43 Å². The Morgan fingerprint density at radius 1 is 0.963 bits per heavy atom. The van der Waals surface area contributed by atoms with Gasteiger partial charge in [0, 0.05) is 0 Å². The van der Waals surface area contributed by atoms with Gasteiger partial charge in [-0.25, -0.2) is 0 Å². The Bertz CT molecular complexity index is 986. The van der Waals surface area contributed by atoms with Gasteiger partial charge in [0.05, 0.1) is 6.10 Å². The normalized spacial score (nSPS) is 17.8. The molecule has 0 aromatic heterocycles. The van der Waals surface area contributed by atoms with Crippen molar-refractivity contribution in [2.75, 3.05) is 0 Å². The van der Waals surface area contributed by atoms with Crippen LogP contribution < -0.4 is 0 Å². The molecule has 0 heterocycles. The first-order valence-electron chi connectivity index (χ1n) is 9.88. The molecule has 2 aromatic rings. The maximum atomic E-state index is 6.50. The van der Waals surface area contributed by atoms with Crippen molar-refractivity contribution in [3.63, 3.8) is 0 Å². The molecule has 1 unspecified atom stereocenters. The van der Waals surface area contributed by atoms with Gasteiger partial charge in [0.25, 0.3) is 0 Å². The number of benzene rings is 2. The van der Waals surface area contributed by atoms with Crippen molar-refractivity contribution in [1.82, 2.24) is 0 Å². The van der Waals surface area contributed by atoms with Crippen molar-refractivity contribution in [3.8, 4) is 11.1 Å². The molecule has 0 aliphatic heterocycles. The average molecular weight is 373 g/mol. The molecule has 1 atom stereocenters. The molecular weight excluding hydrogens is 344 g/mol. The third-order valence-electron chi connectivity index (χ3n) is 5.36. The second-order valence-electron chi connectivity index (χ2n) is 8.40. The summed E-state index contributed by atoms with van der Waals surface area (Å²) in [7, 11) is -1.63. The molecule has 0 bridgehead atoms. The number of rotatable bonds is 4. The fourth-order valence-corrected chi connectivity index (χ4v) is 5.61. The van der Waals surface area contributed by atoms with Gasteiger partial charge >= 0.3 is 0 Å². The SMILES string of the molecule is C/C=C1/c2ccccc2-c2ccc(C(C)O[Si](C)(C)C)c(C3=CC=CC3)c21. The number of allylic oxidation sites excluding steroid dienone is 5. The smallest absolute Gasteiger partial charge is 0.184 e. The van der Waals surface area contributed by atoms with E-state index in [9.17, 15) is 0 Å². The topological polar surface area (TPSA) is 9.23 Å². The van der Waals surface area contributed by atoms with Crippen LogP contribution in [0.3, 0.4) is 0 Å². The van der Waals surface area contributed by atoms with E-state index in [0.29, 0.717) is 0 Å². The fourth-order valence-electron chi connectivity index (χ4n) is 4.42. The summed E-state index contributed by atoms with van der Waals surface area (Å²) in [4.78, 5) is 0. The summed E-state index contributed by atoms with van der Waals surface area (Å²) in [5.41, 5.74) is 10.9. The van der Waals surface area contributed by atoms with Crippen LogP contribution in [0, 0.1) is 0 Å². The Morgan fingerprint density at radius 2 is 1.70 bits per heavy atom. The minimum Gasteiger partial charge on any atom is -0.411 e. The Kier molecular flexibility index (Phi) is 4.57. The van der Waals surface area contributed by atoms with Crippen LogP contribution in [0.5, 0.6) is 0 Å². The highest BCUT2D eigenvalue weighted by atomic mass is 28.4. The van der Waals surface area contributed by atoms with Crippen LogP contribution >= 0.6 is 0 Å². The van der Waals surface area contributed by atoms with E-state index in [0.717, 1.165) is 6.42 Å². The van der Waals surface area contributed by atoms with Crippen molar-refractivity contribution in [2.45, 2.75) is 46.0 Å².